The number of amides is 1. The maximum Gasteiger partial charge on any atom is 0.246 e. The summed E-state index contributed by atoms with van der Waals surface area (Å²) >= 11 is 0. The lowest BCUT2D eigenvalue weighted by atomic mass is 9.47. The van der Waals surface area contributed by atoms with Gasteiger partial charge in [-0.1, -0.05) is 19.9 Å². The average molecular weight is 347 g/mol. The van der Waals surface area contributed by atoms with Gasteiger partial charge in [0.1, 0.15) is 0 Å². The SMILES string of the molecule is COCC1(O)CC[C@H]2[C@@H]3CCC4N(C)C(=O)C=C[C@]4(C)[C@@H]3CC[C@@]21C. The number of methoxy groups -OCH3 is 1. The van der Waals surface area contributed by atoms with E-state index >= 15 is 0 Å². The standard InChI is InChI=1S/C21H33NO3/c1-19-10-9-18(23)22(3)17(19)6-5-14-15(19)7-11-20(2)16(14)8-12-21(20,24)13-25-4/h9-10,14-17,24H,5-8,11-13H2,1-4H3/t14-,15-,16+,17?,19-,20+,21?/m1/s1. The minimum absolute atomic E-state index is 0.0343. The van der Waals surface area contributed by atoms with Gasteiger partial charge in [-0.2, -0.15) is 0 Å². The molecule has 4 heteroatoms. The second-order valence-corrected chi connectivity index (χ2v) is 9.58. The first-order valence-electron chi connectivity index (χ1n) is 9.94. The average Bonchev–Trinajstić information content (AvgIpc) is 2.83. The van der Waals surface area contributed by atoms with Crippen molar-refractivity contribution in [3.8, 4) is 0 Å². The Bertz CT molecular complexity index is 604. The summed E-state index contributed by atoms with van der Waals surface area (Å²) in [7, 11) is 3.67. The molecule has 4 aliphatic rings. The molecular formula is C21H33NO3. The van der Waals surface area contributed by atoms with Crippen LogP contribution in [0.5, 0.6) is 0 Å². The third-order valence-electron chi connectivity index (χ3n) is 8.83. The third-order valence-corrected chi connectivity index (χ3v) is 8.83. The molecule has 1 aliphatic heterocycles. The Morgan fingerprint density at radius 1 is 1.20 bits per heavy atom. The number of hydrogen-bond acceptors (Lipinski definition) is 3. The number of aliphatic hydroxyl groups is 1. The van der Waals surface area contributed by atoms with Gasteiger partial charge < -0.3 is 14.7 Å². The molecule has 25 heavy (non-hydrogen) atoms. The molecule has 0 saturated heterocycles. The molecule has 3 aliphatic carbocycles. The van der Waals surface area contributed by atoms with Crippen LogP contribution in [0.25, 0.3) is 0 Å². The van der Waals surface area contributed by atoms with Gasteiger partial charge in [0.15, 0.2) is 0 Å². The zero-order chi connectivity index (χ0) is 18.0. The van der Waals surface area contributed by atoms with Crippen molar-refractivity contribution in [2.75, 3.05) is 20.8 Å². The quantitative estimate of drug-likeness (QED) is 0.835. The molecule has 0 spiro atoms. The van der Waals surface area contributed by atoms with Crippen LogP contribution in [0, 0.1) is 28.6 Å². The second-order valence-electron chi connectivity index (χ2n) is 9.58. The van der Waals surface area contributed by atoms with Crippen LogP contribution in [0.1, 0.15) is 52.4 Å². The second kappa shape index (κ2) is 5.56. The van der Waals surface area contributed by atoms with Crippen molar-refractivity contribution in [2.24, 2.45) is 28.6 Å². The molecule has 0 aromatic heterocycles. The maximum atomic E-state index is 12.1. The molecule has 0 radical (unpaired) electrons. The lowest BCUT2D eigenvalue weighted by molar-refractivity contribution is -0.162. The summed E-state index contributed by atoms with van der Waals surface area (Å²) < 4.78 is 5.41. The van der Waals surface area contributed by atoms with E-state index in [0.29, 0.717) is 30.4 Å². The van der Waals surface area contributed by atoms with Gasteiger partial charge in [-0.15, -0.1) is 0 Å². The monoisotopic (exact) mass is 347 g/mol. The van der Waals surface area contributed by atoms with Crippen molar-refractivity contribution < 1.29 is 14.6 Å². The summed E-state index contributed by atoms with van der Waals surface area (Å²) in [6.07, 6.45) is 10.4. The van der Waals surface area contributed by atoms with Crippen LogP contribution < -0.4 is 0 Å². The minimum atomic E-state index is -0.676. The van der Waals surface area contributed by atoms with Gasteiger partial charge in [-0.25, -0.2) is 0 Å². The van der Waals surface area contributed by atoms with Crippen LogP contribution in [0.4, 0.5) is 0 Å². The fourth-order valence-corrected chi connectivity index (χ4v) is 7.32. The molecule has 3 saturated carbocycles. The number of fused-ring (bicyclic) bond motifs is 5. The van der Waals surface area contributed by atoms with E-state index in [1.165, 1.54) is 6.42 Å². The smallest absolute Gasteiger partial charge is 0.246 e. The van der Waals surface area contributed by atoms with Gasteiger partial charge >= 0.3 is 0 Å². The van der Waals surface area contributed by atoms with Crippen LogP contribution in [0.15, 0.2) is 12.2 Å². The van der Waals surface area contributed by atoms with Crippen LogP contribution in [-0.4, -0.2) is 48.3 Å². The van der Waals surface area contributed by atoms with Crippen LogP contribution >= 0.6 is 0 Å². The molecule has 3 fully saturated rings. The summed E-state index contributed by atoms with van der Waals surface area (Å²) in [5, 5.41) is 11.3. The van der Waals surface area contributed by atoms with E-state index in [2.05, 4.69) is 19.9 Å². The summed E-state index contributed by atoms with van der Waals surface area (Å²) in [4.78, 5) is 14.1. The van der Waals surface area contributed by atoms with Crippen molar-refractivity contribution >= 4 is 5.91 Å². The van der Waals surface area contributed by atoms with Crippen LogP contribution in [0.3, 0.4) is 0 Å². The Morgan fingerprint density at radius 3 is 2.64 bits per heavy atom. The predicted octanol–water partition coefficient (Wildman–Crippen LogP) is 3.00. The molecule has 1 heterocycles. The van der Waals surface area contributed by atoms with Gasteiger partial charge in [0.2, 0.25) is 5.91 Å². The number of rotatable bonds is 2. The number of ether oxygens (including phenoxy) is 1. The lowest BCUT2D eigenvalue weighted by Gasteiger charge is -2.61. The lowest BCUT2D eigenvalue weighted by Crippen LogP contribution is -2.61. The fourth-order valence-electron chi connectivity index (χ4n) is 7.32. The van der Waals surface area contributed by atoms with Crippen molar-refractivity contribution in [3.05, 3.63) is 12.2 Å². The first-order valence-corrected chi connectivity index (χ1v) is 9.94. The van der Waals surface area contributed by atoms with E-state index in [-0.39, 0.29) is 16.7 Å². The zero-order valence-electron chi connectivity index (χ0n) is 16.1. The molecule has 2 unspecified atom stereocenters. The predicted molar refractivity (Wildman–Crippen MR) is 96.9 cm³/mol. The fraction of sp³-hybridized carbons (Fsp3) is 0.857. The molecule has 0 bridgehead atoms. The Morgan fingerprint density at radius 2 is 1.92 bits per heavy atom. The normalized spacial score (nSPS) is 51.9. The molecule has 4 rings (SSSR count). The first-order chi connectivity index (χ1) is 11.8. The summed E-state index contributed by atoms with van der Waals surface area (Å²) in [6, 6.07) is 0.329. The van der Waals surface area contributed by atoms with Gasteiger partial charge in [-0.05, 0) is 62.4 Å². The Hall–Kier alpha value is -0.870. The van der Waals surface area contributed by atoms with Gasteiger partial charge in [0.25, 0.3) is 0 Å². The molecule has 0 aromatic rings. The van der Waals surface area contributed by atoms with Crippen molar-refractivity contribution in [2.45, 2.75) is 64.0 Å². The Kier molecular flexibility index (Phi) is 3.90. The number of hydrogen-bond donors (Lipinski definition) is 1. The highest BCUT2D eigenvalue weighted by Gasteiger charge is 2.64. The van der Waals surface area contributed by atoms with Crippen LogP contribution in [0.2, 0.25) is 0 Å². The topological polar surface area (TPSA) is 49.8 Å². The highest BCUT2D eigenvalue weighted by molar-refractivity contribution is 5.89. The van der Waals surface area contributed by atoms with Crippen molar-refractivity contribution in [3.63, 3.8) is 0 Å². The highest BCUT2D eigenvalue weighted by atomic mass is 16.5. The van der Waals surface area contributed by atoms with Gasteiger partial charge in [0.05, 0.1) is 12.2 Å². The molecular weight excluding hydrogens is 314 g/mol. The Balaban J connectivity index is 1.67. The zero-order valence-corrected chi connectivity index (χ0v) is 16.1. The van der Waals surface area contributed by atoms with E-state index in [9.17, 15) is 9.90 Å². The van der Waals surface area contributed by atoms with E-state index in [4.69, 9.17) is 4.74 Å². The van der Waals surface area contributed by atoms with Crippen molar-refractivity contribution in [1.82, 2.24) is 4.90 Å². The molecule has 1 N–H and O–H groups in total. The number of nitrogens with zero attached hydrogens (tertiary/aromatic N) is 1. The number of carbonyl (C=O) groups excluding carboxylic acids is 1. The number of carbonyl (C=O) groups is 1. The highest BCUT2D eigenvalue weighted by Crippen LogP contribution is 2.66. The first kappa shape index (κ1) is 17.5. The number of likely N-dealkylation sites (N-methyl/N-ethyl adjacent to an activating group) is 1. The van der Waals surface area contributed by atoms with E-state index in [1.54, 1.807) is 13.2 Å². The largest absolute Gasteiger partial charge is 0.387 e. The molecule has 1 amide bonds. The summed E-state index contributed by atoms with van der Waals surface area (Å²) in [5.74, 6) is 1.98. The van der Waals surface area contributed by atoms with Gasteiger partial charge in [0, 0.05) is 31.0 Å². The molecule has 7 atom stereocenters. The third kappa shape index (κ3) is 2.16. The van der Waals surface area contributed by atoms with E-state index in [1.807, 2.05) is 11.9 Å². The maximum absolute atomic E-state index is 12.1. The minimum Gasteiger partial charge on any atom is -0.387 e. The van der Waals surface area contributed by atoms with E-state index in [0.717, 1.165) is 32.1 Å². The summed E-state index contributed by atoms with van der Waals surface area (Å²) in [6.45, 7) is 5.13. The van der Waals surface area contributed by atoms with Crippen LogP contribution in [-0.2, 0) is 9.53 Å². The Labute approximate surface area is 151 Å². The molecule has 140 valence electrons. The van der Waals surface area contributed by atoms with Gasteiger partial charge in [-0.3, -0.25) is 4.79 Å². The molecule has 0 aromatic carbocycles. The van der Waals surface area contributed by atoms with E-state index < -0.39 is 5.60 Å². The van der Waals surface area contributed by atoms with Crippen molar-refractivity contribution in [1.29, 1.82) is 0 Å². The summed E-state index contributed by atoms with van der Waals surface area (Å²) in [5.41, 5.74) is -0.632. The molecule has 4 nitrogen and oxygen atoms in total.